The summed E-state index contributed by atoms with van der Waals surface area (Å²) in [5.41, 5.74) is 0.0406. The summed E-state index contributed by atoms with van der Waals surface area (Å²) in [7, 11) is 1.65. The summed E-state index contributed by atoms with van der Waals surface area (Å²) in [6.07, 6.45) is 2.17. The third-order valence-electron chi connectivity index (χ3n) is 2.02. The van der Waals surface area contributed by atoms with Crippen LogP contribution in [0.15, 0.2) is 0 Å². The minimum atomic E-state index is -0.114. The van der Waals surface area contributed by atoms with E-state index in [2.05, 4.69) is 0 Å². The summed E-state index contributed by atoms with van der Waals surface area (Å²) in [6.45, 7) is 8.53. The van der Waals surface area contributed by atoms with E-state index in [0.717, 1.165) is 12.8 Å². The van der Waals surface area contributed by atoms with E-state index in [1.54, 1.807) is 7.11 Å². The molecule has 0 aliphatic rings. The van der Waals surface area contributed by atoms with Gasteiger partial charge in [0, 0.05) is 20.1 Å². The molecule has 0 atom stereocenters. The summed E-state index contributed by atoms with van der Waals surface area (Å²) in [6, 6.07) is 0. The first-order valence-electron chi connectivity index (χ1n) is 6.18. The van der Waals surface area contributed by atoms with Crippen molar-refractivity contribution in [2.45, 2.75) is 40.0 Å². The molecule has 0 N–H and O–H groups in total. The molecule has 0 radical (unpaired) electrons. The van der Waals surface area contributed by atoms with E-state index in [0.29, 0.717) is 32.8 Å². The number of rotatable bonds is 9. The molecular formula is C13H26O4. The van der Waals surface area contributed by atoms with Crippen LogP contribution in [-0.4, -0.2) is 39.5 Å². The molecule has 102 valence electrons. The van der Waals surface area contributed by atoms with Crippen molar-refractivity contribution < 1.29 is 19.0 Å². The molecule has 17 heavy (non-hydrogen) atoms. The number of esters is 1. The molecule has 0 aromatic heterocycles. The smallest absolute Gasteiger partial charge is 0.305 e. The molecule has 0 spiro atoms. The molecule has 0 aliphatic heterocycles. The van der Waals surface area contributed by atoms with Crippen molar-refractivity contribution in [2.75, 3.05) is 33.5 Å². The Morgan fingerprint density at radius 1 is 1.06 bits per heavy atom. The lowest BCUT2D eigenvalue weighted by atomic mass is 9.99. The average Bonchev–Trinajstić information content (AvgIpc) is 2.24. The van der Waals surface area contributed by atoms with Crippen molar-refractivity contribution in [3.8, 4) is 0 Å². The van der Waals surface area contributed by atoms with E-state index >= 15 is 0 Å². The largest absolute Gasteiger partial charge is 0.465 e. The van der Waals surface area contributed by atoms with Gasteiger partial charge in [0.25, 0.3) is 0 Å². The van der Waals surface area contributed by atoms with Gasteiger partial charge in [0.05, 0.1) is 19.8 Å². The lowest BCUT2D eigenvalue weighted by Gasteiger charge is -2.17. The molecule has 0 amide bonds. The second-order valence-electron chi connectivity index (χ2n) is 5.28. The lowest BCUT2D eigenvalue weighted by Crippen LogP contribution is -2.18. The number of ether oxygens (including phenoxy) is 3. The zero-order valence-corrected chi connectivity index (χ0v) is 11.6. The standard InChI is InChI=1S/C13H26O4/c1-13(2,3)11-17-12(14)7-5-6-8-16-10-9-15-4/h5-11H2,1-4H3. The van der Waals surface area contributed by atoms with Gasteiger partial charge in [-0.05, 0) is 18.3 Å². The molecule has 4 heteroatoms. The van der Waals surface area contributed by atoms with Gasteiger partial charge in [-0.3, -0.25) is 4.79 Å². The van der Waals surface area contributed by atoms with E-state index in [1.807, 2.05) is 20.8 Å². The second kappa shape index (κ2) is 9.42. The maximum Gasteiger partial charge on any atom is 0.305 e. The van der Waals surface area contributed by atoms with Gasteiger partial charge < -0.3 is 14.2 Å². The molecule has 0 bridgehead atoms. The maximum absolute atomic E-state index is 11.3. The quantitative estimate of drug-likeness (QED) is 0.463. The average molecular weight is 246 g/mol. The van der Waals surface area contributed by atoms with Crippen molar-refractivity contribution in [3.05, 3.63) is 0 Å². The summed E-state index contributed by atoms with van der Waals surface area (Å²) < 4.78 is 15.3. The zero-order valence-electron chi connectivity index (χ0n) is 11.6. The van der Waals surface area contributed by atoms with Gasteiger partial charge in [0.1, 0.15) is 0 Å². The molecule has 0 aromatic carbocycles. The topological polar surface area (TPSA) is 44.8 Å². The van der Waals surface area contributed by atoms with Gasteiger partial charge >= 0.3 is 5.97 Å². The molecule has 0 rings (SSSR count). The summed E-state index contributed by atoms with van der Waals surface area (Å²) in [4.78, 5) is 11.3. The van der Waals surface area contributed by atoms with Crippen LogP contribution in [0.2, 0.25) is 0 Å². The highest BCUT2D eigenvalue weighted by molar-refractivity contribution is 5.69. The maximum atomic E-state index is 11.3. The normalized spacial score (nSPS) is 11.5. The van der Waals surface area contributed by atoms with E-state index in [1.165, 1.54) is 0 Å². The molecule has 0 unspecified atom stereocenters. The van der Waals surface area contributed by atoms with Gasteiger partial charge in [0.2, 0.25) is 0 Å². The summed E-state index contributed by atoms with van der Waals surface area (Å²) in [5.74, 6) is -0.114. The fourth-order valence-electron chi connectivity index (χ4n) is 1.09. The number of hydrogen-bond donors (Lipinski definition) is 0. The van der Waals surface area contributed by atoms with E-state index in [-0.39, 0.29) is 11.4 Å². The minimum absolute atomic E-state index is 0.0406. The van der Waals surface area contributed by atoms with Crippen LogP contribution < -0.4 is 0 Å². The third-order valence-corrected chi connectivity index (χ3v) is 2.02. The lowest BCUT2D eigenvalue weighted by molar-refractivity contribution is -0.146. The van der Waals surface area contributed by atoms with Gasteiger partial charge in [-0.25, -0.2) is 0 Å². The number of unbranched alkanes of at least 4 members (excludes halogenated alkanes) is 1. The SMILES string of the molecule is COCCOCCCCC(=O)OCC(C)(C)C. The first-order valence-corrected chi connectivity index (χ1v) is 6.18. The zero-order chi connectivity index (χ0) is 13.1. The summed E-state index contributed by atoms with van der Waals surface area (Å²) in [5, 5.41) is 0. The van der Waals surface area contributed by atoms with Crippen molar-refractivity contribution >= 4 is 5.97 Å². The van der Waals surface area contributed by atoms with Crippen molar-refractivity contribution in [3.63, 3.8) is 0 Å². The minimum Gasteiger partial charge on any atom is -0.465 e. The van der Waals surface area contributed by atoms with Gasteiger partial charge in [-0.15, -0.1) is 0 Å². The highest BCUT2D eigenvalue weighted by atomic mass is 16.5. The molecule has 0 saturated heterocycles. The highest BCUT2D eigenvalue weighted by Gasteiger charge is 2.13. The Morgan fingerprint density at radius 2 is 1.76 bits per heavy atom. The first kappa shape index (κ1) is 16.4. The van der Waals surface area contributed by atoms with Crippen LogP contribution in [0.3, 0.4) is 0 Å². The second-order valence-corrected chi connectivity index (χ2v) is 5.28. The van der Waals surface area contributed by atoms with E-state index < -0.39 is 0 Å². The monoisotopic (exact) mass is 246 g/mol. The molecule has 0 aromatic rings. The van der Waals surface area contributed by atoms with Crippen molar-refractivity contribution in [2.24, 2.45) is 5.41 Å². The van der Waals surface area contributed by atoms with Crippen LogP contribution >= 0.6 is 0 Å². The number of hydrogen-bond acceptors (Lipinski definition) is 4. The number of carbonyl (C=O) groups excluding carboxylic acids is 1. The van der Waals surface area contributed by atoms with Crippen LogP contribution in [0.4, 0.5) is 0 Å². The molecular weight excluding hydrogens is 220 g/mol. The van der Waals surface area contributed by atoms with E-state index in [9.17, 15) is 4.79 Å². The van der Waals surface area contributed by atoms with Gasteiger partial charge in [-0.2, -0.15) is 0 Å². The Balaban J connectivity index is 3.28. The van der Waals surface area contributed by atoms with E-state index in [4.69, 9.17) is 14.2 Å². The Kier molecular flexibility index (Phi) is 9.09. The van der Waals surface area contributed by atoms with Crippen LogP contribution in [0.1, 0.15) is 40.0 Å². The Morgan fingerprint density at radius 3 is 2.35 bits per heavy atom. The highest BCUT2D eigenvalue weighted by Crippen LogP contribution is 2.13. The molecule has 4 nitrogen and oxygen atoms in total. The van der Waals surface area contributed by atoms with Gasteiger partial charge in [0.15, 0.2) is 0 Å². The van der Waals surface area contributed by atoms with Crippen LogP contribution in [-0.2, 0) is 19.0 Å². The van der Waals surface area contributed by atoms with Crippen LogP contribution in [0.5, 0.6) is 0 Å². The first-order chi connectivity index (χ1) is 7.95. The number of carbonyl (C=O) groups is 1. The Labute approximate surface area is 105 Å². The Bertz CT molecular complexity index is 196. The number of methoxy groups -OCH3 is 1. The molecule has 0 fully saturated rings. The molecule has 0 heterocycles. The molecule has 0 aliphatic carbocycles. The van der Waals surface area contributed by atoms with Gasteiger partial charge in [-0.1, -0.05) is 20.8 Å². The predicted octanol–water partition coefficient (Wildman–Crippen LogP) is 2.41. The van der Waals surface area contributed by atoms with Crippen LogP contribution in [0.25, 0.3) is 0 Å². The fraction of sp³-hybridized carbons (Fsp3) is 0.923. The molecule has 0 saturated carbocycles. The van der Waals surface area contributed by atoms with Crippen molar-refractivity contribution in [1.29, 1.82) is 0 Å². The summed E-state index contributed by atoms with van der Waals surface area (Å²) >= 11 is 0. The third kappa shape index (κ3) is 13.3. The fourth-order valence-corrected chi connectivity index (χ4v) is 1.09. The van der Waals surface area contributed by atoms with Crippen LogP contribution in [0, 0.1) is 5.41 Å². The predicted molar refractivity (Wildman–Crippen MR) is 67.0 cm³/mol. The Hall–Kier alpha value is -0.610. The van der Waals surface area contributed by atoms with Crippen molar-refractivity contribution in [1.82, 2.24) is 0 Å².